The van der Waals surface area contributed by atoms with Crippen LogP contribution in [-0.2, 0) is 11.2 Å². The van der Waals surface area contributed by atoms with Crippen molar-refractivity contribution in [3.8, 4) is 4.90 Å². The quantitative estimate of drug-likeness (QED) is 0.267. The molecule has 0 spiro atoms. The molecule has 3 aromatic carbocycles. The van der Waals surface area contributed by atoms with Crippen molar-refractivity contribution >= 4 is 30.6 Å². The molecule has 8 rings (SSSR count). The molecule has 4 saturated carbocycles. The third-order valence-electron chi connectivity index (χ3n) is 9.21. The average Bonchev–Trinajstić information content (AvgIpc) is 3.16. The van der Waals surface area contributed by atoms with Gasteiger partial charge in [0.1, 0.15) is 0 Å². The molecule has 0 aliphatic heterocycles. The lowest BCUT2D eigenvalue weighted by molar-refractivity contribution is -0.125. The van der Waals surface area contributed by atoms with E-state index in [1.54, 1.807) is 0 Å². The Balaban J connectivity index is 1.15. The number of aryl methyl sites for hydroxylation is 2. The predicted molar refractivity (Wildman–Crippen MR) is 145 cm³/mol. The highest BCUT2D eigenvalue weighted by Gasteiger charge is 2.48. The van der Waals surface area contributed by atoms with Crippen molar-refractivity contribution in [3.05, 3.63) is 77.4 Å². The van der Waals surface area contributed by atoms with E-state index in [9.17, 15) is 0 Å². The Kier molecular flexibility index (Phi) is 5.11. The van der Waals surface area contributed by atoms with Crippen molar-refractivity contribution in [2.75, 3.05) is 6.61 Å². The number of benzene rings is 3. The van der Waals surface area contributed by atoms with Crippen molar-refractivity contribution in [2.45, 2.75) is 58.5 Å². The van der Waals surface area contributed by atoms with Crippen LogP contribution in [0.1, 0.15) is 48.8 Å². The maximum atomic E-state index is 6.66. The highest BCUT2D eigenvalue weighted by atomic mass is 32.2. The van der Waals surface area contributed by atoms with Crippen LogP contribution in [0.2, 0.25) is 0 Å². The molecule has 0 atom stereocenters. The molecule has 174 valence electrons. The fourth-order valence-electron chi connectivity index (χ4n) is 8.02. The van der Waals surface area contributed by atoms with Crippen LogP contribution in [0, 0.1) is 37.5 Å². The second-order valence-electron chi connectivity index (χ2n) is 11.4. The molecule has 1 aromatic heterocycles. The van der Waals surface area contributed by atoms with Crippen molar-refractivity contribution in [3.63, 3.8) is 0 Å². The first-order valence-corrected chi connectivity index (χ1v) is 14.5. The molecule has 34 heavy (non-hydrogen) atoms. The minimum absolute atomic E-state index is 0.0127. The normalized spacial score (nSPS) is 27.8. The fraction of sp³-hybridized carbons (Fsp3) is 0.438. The second-order valence-corrected chi connectivity index (χ2v) is 13.3. The van der Waals surface area contributed by atoms with Crippen LogP contribution in [0.15, 0.2) is 60.7 Å². The van der Waals surface area contributed by atoms with Gasteiger partial charge < -0.3 is 4.74 Å². The van der Waals surface area contributed by atoms with Crippen molar-refractivity contribution < 1.29 is 4.74 Å². The standard InChI is InChI=1S/C32H35OS/c1-20-13-26(34-30-9-5-3-7-28(30)29-8-4-6-10-31(29)34)14-21(2)27(20)11-12-33-32-24-16-22-15-23(18-24)19-25(32)17-22/h3-10,13-14,22-25,32H,11-12,15-19H2,1-2H3/q+1. The molecule has 0 radical (unpaired) electrons. The van der Waals surface area contributed by atoms with E-state index >= 15 is 0 Å². The minimum Gasteiger partial charge on any atom is -0.377 e. The summed E-state index contributed by atoms with van der Waals surface area (Å²) >= 11 is 0. The molecule has 4 bridgehead atoms. The van der Waals surface area contributed by atoms with Gasteiger partial charge >= 0.3 is 0 Å². The molecule has 2 heteroatoms. The summed E-state index contributed by atoms with van der Waals surface area (Å²) in [5.41, 5.74) is 4.35. The van der Waals surface area contributed by atoms with E-state index in [0.29, 0.717) is 6.10 Å². The van der Waals surface area contributed by atoms with Gasteiger partial charge in [-0.3, -0.25) is 0 Å². The van der Waals surface area contributed by atoms with Gasteiger partial charge in [-0.1, -0.05) is 24.3 Å². The summed E-state index contributed by atoms with van der Waals surface area (Å²) in [6.07, 6.45) is 8.86. The fourth-order valence-corrected chi connectivity index (χ4v) is 10.6. The van der Waals surface area contributed by atoms with E-state index in [2.05, 4.69) is 74.5 Å². The molecule has 4 aliphatic rings. The first-order chi connectivity index (χ1) is 16.7. The van der Waals surface area contributed by atoms with Crippen LogP contribution < -0.4 is 0 Å². The zero-order chi connectivity index (χ0) is 22.8. The topological polar surface area (TPSA) is 9.23 Å². The molecule has 1 heterocycles. The maximum Gasteiger partial charge on any atom is 0.187 e. The lowest BCUT2D eigenvalue weighted by atomic mass is 9.55. The Morgan fingerprint density at radius 1 is 0.735 bits per heavy atom. The highest BCUT2D eigenvalue weighted by molar-refractivity contribution is 7.50. The summed E-state index contributed by atoms with van der Waals surface area (Å²) in [7, 11) is -0.0127. The van der Waals surface area contributed by atoms with Gasteiger partial charge in [-0.2, -0.15) is 0 Å². The van der Waals surface area contributed by atoms with Crippen molar-refractivity contribution in [2.24, 2.45) is 23.7 Å². The smallest absolute Gasteiger partial charge is 0.187 e. The van der Waals surface area contributed by atoms with Crippen LogP contribution in [0.25, 0.3) is 25.1 Å². The Hall–Kier alpha value is -2.16. The number of rotatable bonds is 5. The molecule has 4 aliphatic carbocycles. The van der Waals surface area contributed by atoms with Crippen molar-refractivity contribution in [1.82, 2.24) is 0 Å². The van der Waals surface area contributed by atoms with Crippen LogP contribution in [0.4, 0.5) is 0 Å². The number of hydrogen-bond acceptors (Lipinski definition) is 1. The van der Waals surface area contributed by atoms with E-state index < -0.39 is 0 Å². The van der Waals surface area contributed by atoms with Crippen LogP contribution in [0.5, 0.6) is 0 Å². The third-order valence-corrected chi connectivity index (χ3v) is 11.5. The molecule has 0 amide bonds. The SMILES string of the molecule is Cc1cc(-[s+]2c3ccccc3c3ccccc32)cc(C)c1CCOC1C2CC3CC(C2)CC1C3. The van der Waals surface area contributed by atoms with Crippen LogP contribution in [0.3, 0.4) is 0 Å². The number of fused-ring (bicyclic) bond motifs is 3. The minimum atomic E-state index is -0.0127. The Bertz CT molecular complexity index is 1270. The van der Waals surface area contributed by atoms with E-state index in [4.69, 9.17) is 4.74 Å². The van der Waals surface area contributed by atoms with Gasteiger partial charge in [0.2, 0.25) is 0 Å². The van der Waals surface area contributed by atoms with Gasteiger partial charge in [0.25, 0.3) is 0 Å². The maximum absolute atomic E-state index is 6.66. The van der Waals surface area contributed by atoms with E-state index in [1.165, 1.54) is 73.9 Å². The van der Waals surface area contributed by atoms with E-state index in [0.717, 1.165) is 36.7 Å². The number of ether oxygens (including phenoxy) is 1. The Morgan fingerprint density at radius 2 is 1.26 bits per heavy atom. The van der Waals surface area contributed by atoms with Crippen LogP contribution in [-0.4, -0.2) is 12.7 Å². The van der Waals surface area contributed by atoms with Crippen molar-refractivity contribution in [1.29, 1.82) is 0 Å². The first kappa shape index (κ1) is 21.1. The lowest BCUT2D eigenvalue weighted by Gasteiger charge is -2.54. The number of thiophene rings is 1. The van der Waals surface area contributed by atoms with E-state index in [-0.39, 0.29) is 10.5 Å². The Morgan fingerprint density at radius 3 is 1.82 bits per heavy atom. The largest absolute Gasteiger partial charge is 0.377 e. The Labute approximate surface area is 206 Å². The molecule has 4 fully saturated rings. The van der Waals surface area contributed by atoms with Gasteiger partial charge in [-0.15, -0.1) is 0 Å². The molecule has 0 unspecified atom stereocenters. The zero-order valence-corrected chi connectivity index (χ0v) is 21.2. The summed E-state index contributed by atoms with van der Waals surface area (Å²) < 4.78 is 9.60. The molecular weight excluding hydrogens is 432 g/mol. The summed E-state index contributed by atoms with van der Waals surface area (Å²) in [6.45, 7) is 5.50. The average molecular weight is 468 g/mol. The molecule has 1 nitrogen and oxygen atoms in total. The van der Waals surface area contributed by atoms with Crippen LogP contribution >= 0.6 is 10.5 Å². The highest BCUT2D eigenvalue weighted by Crippen LogP contribution is 2.54. The third kappa shape index (κ3) is 3.37. The van der Waals surface area contributed by atoms with Gasteiger partial charge in [0, 0.05) is 33.4 Å². The van der Waals surface area contributed by atoms with Gasteiger partial charge in [0.15, 0.2) is 14.3 Å². The molecular formula is C32H35OS+. The second kappa shape index (κ2) is 8.21. The van der Waals surface area contributed by atoms with E-state index in [1.807, 2.05) is 0 Å². The van der Waals surface area contributed by atoms with Gasteiger partial charge in [-0.25, -0.2) is 0 Å². The summed E-state index contributed by atoms with van der Waals surface area (Å²) in [5.74, 6) is 3.74. The summed E-state index contributed by atoms with van der Waals surface area (Å²) in [5, 5.41) is 2.81. The molecule has 0 saturated heterocycles. The summed E-state index contributed by atoms with van der Waals surface area (Å²) in [6, 6.07) is 22.9. The van der Waals surface area contributed by atoms with Gasteiger partial charge in [0.05, 0.1) is 12.7 Å². The lowest BCUT2D eigenvalue weighted by Crippen LogP contribution is -2.49. The zero-order valence-electron chi connectivity index (χ0n) is 20.4. The monoisotopic (exact) mass is 467 g/mol. The molecule has 0 N–H and O–H groups in total. The molecule has 4 aromatic rings. The summed E-state index contributed by atoms with van der Waals surface area (Å²) in [4.78, 5) is 1.46. The number of hydrogen-bond donors (Lipinski definition) is 0. The first-order valence-electron chi connectivity index (χ1n) is 13.3. The predicted octanol–water partition coefficient (Wildman–Crippen LogP) is 8.73. The van der Waals surface area contributed by atoms with Gasteiger partial charge in [-0.05, 0) is 117 Å².